The molecule has 0 saturated carbocycles. The van der Waals surface area contributed by atoms with Crippen LogP contribution in [0.3, 0.4) is 0 Å². The highest BCUT2D eigenvalue weighted by Gasteiger charge is 2.21. The van der Waals surface area contributed by atoms with E-state index in [1.807, 2.05) is 55.5 Å². The number of amides is 1. The number of rotatable bonds is 9. The Morgan fingerprint density at radius 2 is 1.89 bits per heavy atom. The highest BCUT2D eigenvalue weighted by Crippen LogP contribution is 2.19. The van der Waals surface area contributed by atoms with Gasteiger partial charge in [0, 0.05) is 29.9 Å². The molecule has 3 aromatic rings. The number of aromatic nitrogens is 1. The van der Waals surface area contributed by atoms with Crippen molar-refractivity contribution >= 4 is 22.8 Å². The summed E-state index contributed by atoms with van der Waals surface area (Å²) in [7, 11) is 0. The van der Waals surface area contributed by atoms with Gasteiger partial charge >= 0.3 is 5.97 Å². The number of carboxylic acid groups (broad SMARTS) is 1. The summed E-state index contributed by atoms with van der Waals surface area (Å²) in [5.74, 6) is -0.581. The number of aromatic amines is 1. The summed E-state index contributed by atoms with van der Waals surface area (Å²) in [4.78, 5) is 26.9. The second kappa shape index (κ2) is 9.08. The van der Waals surface area contributed by atoms with E-state index in [0.717, 1.165) is 27.8 Å². The Hall–Kier alpha value is -3.28. The molecule has 0 spiro atoms. The van der Waals surface area contributed by atoms with Crippen molar-refractivity contribution in [2.75, 3.05) is 6.61 Å². The Kier molecular flexibility index (Phi) is 6.32. The monoisotopic (exact) mass is 380 g/mol. The van der Waals surface area contributed by atoms with Gasteiger partial charge < -0.3 is 20.1 Å². The average molecular weight is 380 g/mol. The van der Waals surface area contributed by atoms with Gasteiger partial charge in [0.05, 0.1) is 6.61 Å². The normalized spacial score (nSPS) is 11.9. The van der Waals surface area contributed by atoms with Gasteiger partial charge in [-0.1, -0.05) is 35.9 Å². The number of aliphatic carboxylic acids is 1. The lowest BCUT2D eigenvalue weighted by atomic mass is 10.0. The van der Waals surface area contributed by atoms with E-state index in [0.29, 0.717) is 13.0 Å². The van der Waals surface area contributed by atoms with Crippen molar-refractivity contribution in [3.63, 3.8) is 0 Å². The van der Waals surface area contributed by atoms with Crippen LogP contribution in [0.2, 0.25) is 0 Å². The first-order chi connectivity index (χ1) is 13.5. The number of para-hydroxylation sites is 1. The van der Waals surface area contributed by atoms with Crippen LogP contribution in [0.5, 0.6) is 5.75 Å². The summed E-state index contributed by atoms with van der Waals surface area (Å²) < 4.78 is 5.60. The zero-order chi connectivity index (χ0) is 19.9. The first-order valence-corrected chi connectivity index (χ1v) is 9.29. The molecular weight excluding hydrogens is 356 g/mol. The molecule has 6 heteroatoms. The molecule has 3 N–H and O–H groups in total. The Bertz CT molecular complexity index is 947. The molecule has 0 aliphatic carbocycles. The zero-order valence-corrected chi connectivity index (χ0v) is 15.8. The number of carbonyl (C=O) groups excluding carboxylic acids is 1. The topological polar surface area (TPSA) is 91.4 Å². The maximum Gasteiger partial charge on any atom is 0.326 e. The summed E-state index contributed by atoms with van der Waals surface area (Å²) in [6, 6.07) is 14.4. The Balaban J connectivity index is 1.49. The van der Waals surface area contributed by atoms with E-state index in [2.05, 4.69) is 10.3 Å². The molecule has 1 unspecified atom stereocenters. The SMILES string of the molecule is Cc1ccc(OCCCC(=O)NC(Cc2c[nH]c3ccccc23)C(=O)O)cc1. The number of H-pyrrole nitrogens is 1. The predicted octanol–water partition coefficient (Wildman–Crippen LogP) is 3.45. The lowest BCUT2D eigenvalue weighted by Crippen LogP contribution is -2.42. The van der Waals surface area contributed by atoms with Gasteiger partial charge in [0.2, 0.25) is 5.91 Å². The van der Waals surface area contributed by atoms with Crippen LogP contribution in [0.1, 0.15) is 24.0 Å². The molecule has 28 heavy (non-hydrogen) atoms. The number of fused-ring (bicyclic) bond motifs is 1. The minimum atomic E-state index is -1.05. The highest BCUT2D eigenvalue weighted by molar-refractivity contribution is 5.86. The number of carbonyl (C=O) groups is 2. The number of hydrogen-bond acceptors (Lipinski definition) is 3. The number of carboxylic acids is 1. The van der Waals surface area contributed by atoms with Crippen molar-refractivity contribution in [3.05, 3.63) is 65.9 Å². The summed E-state index contributed by atoms with van der Waals surface area (Å²) in [5, 5.41) is 13.1. The van der Waals surface area contributed by atoms with Crippen LogP contribution in [0, 0.1) is 6.92 Å². The summed E-state index contributed by atoms with van der Waals surface area (Å²) in [5.41, 5.74) is 2.97. The van der Waals surface area contributed by atoms with Gasteiger partial charge in [-0.3, -0.25) is 4.79 Å². The fourth-order valence-corrected chi connectivity index (χ4v) is 3.04. The Morgan fingerprint density at radius 1 is 1.14 bits per heavy atom. The molecule has 3 rings (SSSR count). The molecule has 1 atom stereocenters. The molecule has 1 aromatic heterocycles. The summed E-state index contributed by atoms with van der Waals surface area (Å²) in [6.07, 6.45) is 2.75. The quantitative estimate of drug-likeness (QED) is 0.496. The fraction of sp³-hybridized carbons (Fsp3) is 0.273. The third kappa shape index (κ3) is 5.13. The van der Waals surface area contributed by atoms with E-state index in [4.69, 9.17) is 4.74 Å². The molecule has 146 valence electrons. The molecule has 0 aliphatic rings. The molecule has 0 saturated heterocycles. The highest BCUT2D eigenvalue weighted by atomic mass is 16.5. The smallest absolute Gasteiger partial charge is 0.326 e. The average Bonchev–Trinajstić information content (AvgIpc) is 3.09. The molecule has 6 nitrogen and oxygen atoms in total. The molecule has 0 radical (unpaired) electrons. The van der Waals surface area contributed by atoms with Crippen molar-refractivity contribution in [1.29, 1.82) is 0 Å². The number of benzene rings is 2. The van der Waals surface area contributed by atoms with E-state index < -0.39 is 12.0 Å². The van der Waals surface area contributed by atoms with Crippen molar-refractivity contribution in [2.45, 2.75) is 32.2 Å². The van der Waals surface area contributed by atoms with E-state index in [1.54, 1.807) is 6.20 Å². The van der Waals surface area contributed by atoms with Crippen LogP contribution in [-0.4, -0.2) is 34.6 Å². The van der Waals surface area contributed by atoms with Crippen LogP contribution in [0.25, 0.3) is 10.9 Å². The summed E-state index contributed by atoms with van der Waals surface area (Å²) in [6.45, 7) is 2.40. The van der Waals surface area contributed by atoms with Gasteiger partial charge in [-0.25, -0.2) is 4.79 Å². The minimum Gasteiger partial charge on any atom is -0.494 e. The largest absolute Gasteiger partial charge is 0.494 e. The number of ether oxygens (including phenoxy) is 1. The first kappa shape index (κ1) is 19.5. The van der Waals surface area contributed by atoms with Crippen molar-refractivity contribution < 1.29 is 19.4 Å². The van der Waals surface area contributed by atoms with Gasteiger partial charge in [-0.05, 0) is 37.1 Å². The molecule has 0 aliphatic heterocycles. The minimum absolute atomic E-state index is 0.212. The third-order valence-corrected chi connectivity index (χ3v) is 4.57. The van der Waals surface area contributed by atoms with Crippen LogP contribution in [-0.2, 0) is 16.0 Å². The first-order valence-electron chi connectivity index (χ1n) is 9.29. The second-order valence-electron chi connectivity index (χ2n) is 6.79. The van der Waals surface area contributed by atoms with E-state index in [1.165, 1.54) is 0 Å². The standard InChI is InChI=1S/C22H24N2O4/c1-15-8-10-17(11-9-15)28-12-4-7-21(25)24-20(22(26)27)13-16-14-23-19-6-3-2-5-18(16)19/h2-3,5-6,8-11,14,20,23H,4,7,12-13H2,1H3,(H,24,25)(H,26,27). The lowest BCUT2D eigenvalue weighted by Gasteiger charge is -2.14. The number of hydrogen-bond donors (Lipinski definition) is 3. The van der Waals surface area contributed by atoms with E-state index in [-0.39, 0.29) is 18.7 Å². The van der Waals surface area contributed by atoms with Gasteiger partial charge in [-0.2, -0.15) is 0 Å². The van der Waals surface area contributed by atoms with Crippen LogP contribution in [0.15, 0.2) is 54.7 Å². The number of aryl methyl sites for hydroxylation is 1. The van der Waals surface area contributed by atoms with Crippen LogP contribution < -0.4 is 10.1 Å². The van der Waals surface area contributed by atoms with E-state index >= 15 is 0 Å². The van der Waals surface area contributed by atoms with Crippen molar-refractivity contribution in [1.82, 2.24) is 10.3 Å². The molecule has 0 bridgehead atoms. The fourth-order valence-electron chi connectivity index (χ4n) is 3.04. The number of nitrogens with one attached hydrogen (secondary N) is 2. The molecule has 0 fully saturated rings. The van der Waals surface area contributed by atoms with Crippen LogP contribution >= 0.6 is 0 Å². The predicted molar refractivity (Wildman–Crippen MR) is 107 cm³/mol. The third-order valence-electron chi connectivity index (χ3n) is 4.57. The van der Waals surface area contributed by atoms with Gasteiger partial charge in [-0.15, -0.1) is 0 Å². The zero-order valence-electron chi connectivity index (χ0n) is 15.8. The molecule has 1 heterocycles. The van der Waals surface area contributed by atoms with E-state index in [9.17, 15) is 14.7 Å². The van der Waals surface area contributed by atoms with Crippen molar-refractivity contribution in [2.24, 2.45) is 0 Å². The van der Waals surface area contributed by atoms with Crippen LogP contribution in [0.4, 0.5) is 0 Å². The van der Waals surface area contributed by atoms with Gasteiger partial charge in [0.25, 0.3) is 0 Å². The van der Waals surface area contributed by atoms with Gasteiger partial charge in [0.15, 0.2) is 0 Å². The Labute approximate surface area is 163 Å². The van der Waals surface area contributed by atoms with Gasteiger partial charge in [0.1, 0.15) is 11.8 Å². The maximum atomic E-state index is 12.2. The maximum absolute atomic E-state index is 12.2. The molecule has 1 amide bonds. The molecular formula is C22H24N2O4. The second-order valence-corrected chi connectivity index (χ2v) is 6.79. The molecule has 2 aromatic carbocycles. The Morgan fingerprint density at radius 3 is 2.64 bits per heavy atom. The summed E-state index contributed by atoms with van der Waals surface area (Å²) >= 11 is 0. The lowest BCUT2D eigenvalue weighted by molar-refractivity contribution is -0.141. The van der Waals surface area contributed by atoms with Crippen molar-refractivity contribution in [3.8, 4) is 5.75 Å².